The third-order valence-electron chi connectivity index (χ3n) is 6.18. The van der Waals surface area contributed by atoms with Crippen LogP contribution in [0.2, 0.25) is 5.04 Å². The number of hydrogen-bond donors (Lipinski definition) is 0. The van der Waals surface area contributed by atoms with Gasteiger partial charge in [-0.25, -0.2) is 9.69 Å². The molecule has 3 rings (SSSR count). The number of carbonyl (C=O) groups excluding carboxylic acids is 1. The van der Waals surface area contributed by atoms with Crippen LogP contribution in [0.4, 0.5) is 18.0 Å². The SMILES string of the molecule is COC(=O)N1C(OS(=O)(=O)C(F)(F)F)=CCC[C@H]1CO[Si](c1ccccc1)(c1ccccc1)C(C)(C)C. The largest absolute Gasteiger partial charge is 0.534 e. The van der Waals surface area contributed by atoms with E-state index >= 15 is 0 Å². The molecule has 1 heterocycles. The van der Waals surface area contributed by atoms with Gasteiger partial charge >= 0.3 is 21.7 Å². The maximum absolute atomic E-state index is 13.0. The van der Waals surface area contributed by atoms with Gasteiger partial charge in [0.25, 0.3) is 8.32 Å². The molecule has 0 fully saturated rings. The summed E-state index contributed by atoms with van der Waals surface area (Å²) in [6.07, 6.45) is 0.538. The molecule has 7 nitrogen and oxygen atoms in total. The van der Waals surface area contributed by atoms with Gasteiger partial charge in [-0.15, -0.1) is 0 Å². The van der Waals surface area contributed by atoms with Crippen molar-refractivity contribution in [3.63, 3.8) is 0 Å². The highest BCUT2D eigenvalue weighted by Crippen LogP contribution is 2.38. The minimum absolute atomic E-state index is 0.0881. The number of halogens is 3. The number of carbonyl (C=O) groups is 1. The third kappa shape index (κ3) is 5.86. The van der Waals surface area contributed by atoms with E-state index in [-0.39, 0.29) is 13.0 Å². The van der Waals surface area contributed by atoms with Crippen molar-refractivity contribution in [1.82, 2.24) is 4.90 Å². The van der Waals surface area contributed by atoms with E-state index in [1.807, 2.05) is 60.7 Å². The standard InChI is InChI=1S/C25H30F3NO6SSi/c1-24(2,3)37(20-13-7-5-8-14-20,21-15-9-6-10-16-21)34-18-19-12-11-17-22(29(19)23(30)33-4)35-36(31,32)25(26,27)28/h5-10,13-17,19H,11-12,18H2,1-4H3/t19-/m0/s1. The number of rotatable bonds is 7. The van der Waals surface area contributed by atoms with Crippen LogP contribution in [0.1, 0.15) is 33.6 Å². The van der Waals surface area contributed by atoms with E-state index in [1.165, 1.54) is 0 Å². The zero-order valence-electron chi connectivity index (χ0n) is 21.0. The van der Waals surface area contributed by atoms with E-state index in [9.17, 15) is 26.4 Å². The Balaban J connectivity index is 2.03. The number of amides is 1. The van der Waals surface area contributed by atoms with Crippen LogP contribution in [0, 0.1) is 0 Å². The van der Waals surface area contributed by atoms with Crippen LogP contribution in [-0.4, -0.2) is 53.0 Å². The highest BCUT2D eigenvalue weighted by Gasteiger charge is 2.52. The molecular formula is C25H30F3NO6SSi. The van der Waals surface area contributed by atoms with Gasteiger partial charge in [-0.2, -0.15) is 21.6 Å². The molecule has 0 saturated carbocycles. The van der Waals surface area contributed by atoms with E-state index in [0.717, 1.165) is 28.5 Å². The Bertz CT molecular complexity index is 1170. The van der Waals surface area contributed by atoms with E-state index in [1.54, 1.807) is 0 Å². The monoisotopic (exact) mass is 557 g/mol. The van der Waals surface area contributed by atoms with Gasteiger partial charge in [-0.1, -0.05) is 81.4 Å². The van der Waals surface area contributed by atoms with Crippen molar-refractivity contribution in [3.8, 4) is 0 Å². The van der Waals surface area contributed by atoms with Crippen LogP contribution in [-0.2, 0) is 23.5 Å². The second-order valence-electron chi connectivity index (χ2n) is 9.57. The van der Waals surface area contributed by atoms with Gasteiger partial charge in [-0.05, 0) is 34.3 Å². The van der Waals surface area contributed by atoms with Crippen molar-refractivity contribution in [2.45, 2.75) is 50.2 Å². The molecule has 0 unspecified atom stereocenters. The Kier molecular flexibility index (Phi) is 8.45. The summed E-state index contributed by atoms with van der Waals surface area (Å²) in [7, 11) is -7.99. The van der Waals surface area contributed by atoms with Crippen molar-refractivity contribution in [2.75, 3.05) is 13.7 Å². The molecule has 0 aromatic heterocycles. The molecule has 37 heavy (non-hydrogen) atoms. The zero-order valence-corrected chi connectivity index (χ0v) is 22.8. The zero-order chi connectivity index (χ0) is 27.5. The van der Waals surface area contributed by atoms with Crippen molar-refractivity contribution < 1.29 is 39.7 Å². The smallest absolute Gasteiger partial charge is 0.452 e. The predicted molar refractivity (Wildman–Crippen MR) is 135 cm³/mol. The van der Waals surface area contributed by atoms with Crippen LogP contribution in [0.15, 0.2) is 72.6 Å². The van der Waals surface area contributed by atoms with Gasteiger partial charge in [0.15, 0.2) is 0 Å². The summed E-state index contributed by atoms with van der Waals surface area (Å²) in [5.74, 6) is -0.758. The fourth-order valence-electron chi connectivity index (χ4n) is 4.52. The van der Waals surface area contributed by atoms with Gasteiger partial charge in [0, 0.05) is 0 Å². The summed E-state index contributed by atoms with van der Waals surface area (Å²) in [5, 5.41) is 1.55. The first-order valence-electron chi connectivity index (χ1n) is 11.6. The molecule has 2 aromatic rings. The number of hydrogen-bond acceptors (Lipinski definition) is 6. The Hall–Kier alpha value is -2.83. The molecule has 12 heteroatoms. The summed E-state index contributed by atoms with van der Waals surface area (Å²) >= 11 is 0. The van der Waals surface area contributed by atoms with Crippen molar-refractivity contribution in [3.05, 3.63) is 72.6 Å². The van der Waals surface area contributed by atoms with Gasteiger partial charge in [-0.3, -0.25) is 0 Å². The van der Waals surface area contributed by atoms with Gasteiger partial charge in [0.2, 0.25) is 5.88 Å². The maximum Gasteiger partial charge on any atom is 0.534 e. The van der Waals surface area contributed by atoms with Gasteiger partial charge in [0.1, 0.15) is 0 Å². The fraction of sp³-hybridized carbons (Fsp3) is 0.400. The van der Waals surface area contributed by atoms with Crippen LogP contribution in [0.25, 0.3) is 0 Å². The summed E-state index contributed by atoms with van der Waals surface area (Å²) in [6, 6.07) is 18.5. The first-order chi connectivity index (χ1) is 17.2. The summed E-state index contributed by atoms with van der Waals surface area (Å²) in [5.41, 5.74) is -5.66. The molecule has 1 aliphatic heterocycles. The van der Waals surface area contributed by atoms with E-state index in [0.29, 0.717) is 6.42 Å². The fourth-order valence-corrected chi connectivity index (χ4v) is 9.58. The molecule has 0 saturated heterocycles. The molecule has 1 aliphatic rings. The predicted octanol–water partition coefficient (Wildman–Crippen LogP) is 4.50. The molecule has 202 valence electrons. The molecule has 0 aliphatic carbocycles. The first kappa shape index (κ1) is 28.7. The number of ether oxygens (including phenoxy) is 1. The molecular weight excluding hydrogens is 527 g/mol. The summed E-state index contributed by atoms with van der Waals surface area (Å²) < 4.78 is 78.4. The maximum atomic E-state index is 13.0. The van der Waals surface area contributed by atoms with Crippen LogP contribution >= 0.6 is 0 Å². The molecule has 0 spiro atoms. The lowest BCUT2D eigenvalue weighted by Crippen LogP contribution is -2.67. The average molecular weight is 558 g/mol. The Morgan fingerprint density at radius 3 is 1.95 bits per heavy atom. The number of methoxy groups -OCH3 is 1. The molecule has 0 radical (unpaired) electrons. The molecule has 1 atom stereocenters. The van der Waals surface area contributed by atoms with Crippen LogP contribution in [0.3, 0.4) is 0 Å². The Morgan fingerprint density at radius 1 is 1.00 bits per heavy atom. The molecule has 0 bridgehead atoms. The third-order valence-corrected chi connectivity index (χ3v) is 12.1. The molecule has 2 aromatic carbocycles. The van der Waals surface area contributed by atoms with E-state index in [4.69, 9.17) is 9.16 Å². The lowest BCUT2D eigenvalue weighted by atomic mass is 10.1. The second kappa shape index (κ2) is 10.9. The quantitative estimate of drug-likeness (QED) is 0.283. The molecule has 0 N–H and O–H groups in total. The lowest BCUT2D eigenvalue weighted by molar-refractivity contribution is -0.0545. The van der Waals surface area contributed by atoms with Crippen LogP contribution < -0.4 is 10.4 Å². The highest BCUT2D eigenvalue weighted by molar-refractivity contribution is 7.87. The second-order valence-corrected chi connectivity index (χ2v) is 15.4. The van der Waals surface area contributed by atoms with E-state index in [2.05, 4.69) is 25.0 Å². The topological polar surface area (TPSA) is 82.1 Å². The Morgan fingerprint density at radius 2 is 1.51 bits per heavy atom. The minimum atomic E-state index is -6.00. The van der Waals surface area contributed by atoms with E-state index < -0.39 is 47.0 Å². The molecule has 1 amide bonds. The summed E-state index contributed by atoms with van der Waals surface area (Å²) in [6.45, 7) is 6.09. The number of benzene rings is 2. The van der Waals surface area contributed by atoms with Gasteiger partial charge < -0.3 is 13.3 Å². The average Bonchev–Trinajstić information content (AvgIpc) is 2.83. The summed E-state index contributed by atoms with van der Waals surface area (Å²) in [4.78, 5) is 13.4. The Labute approximate surface area is 216 Å². The number of allylic oxidation sites excluding steroid dienone is 1. The van der Waals surface area contributed by atoms with Crippen molar-refractivity contribution in [1.29, 1.82) is 0 Å². The normalized spacial score (nSPS) is 17.2. The highest BCUT2D eigenvalue weighted by atomic mass is 32.2. The minimum Gasteiger partial charge on any atom is -0.452 e. The van der Waals surface area contributed by atoms with Gasteiger partial charge in [0.05, 0.1) is 19.8 Å². The van der Waals surface area contributed by atoms with Crippen LogP contribution in [0.5, 0.6) is 0 Å². The number of alkyl halides is 3. The lowest BCUT2D eigenvalue weighted by Gasteiger charge is -2.44. The van der Waals surface area contributed by atoms with Crippen molar-refractivity contribution >= 4 is 34.9 Å². The van der Waals surface area contributed by atoms with Crippen molar-refractivity contribution in [2.24, 2.45) is 0 Å². The number of nitrogens with zero attached hydrogens (tertiary/aromatic N) is 1. The first-order valence-corrected chi connectivity index (χ1v) is 14.9.